The molecule has 1 atom stereocenters. The minimum atomic E-state index is -0.665. The minimum Gasteiger partial charge on any atom is -0.506 e. The van der Waals surface area contributed by atoms with Gasteiger partial charge in [0.2, 0.25) is 0 Å². The predicted molar refractivity (Wildman–Crippen MR) is 86.3 cm³/mol. The zero-order valence-electron chi connectivity index (χ0n) is 12.9. The van der Waals surface area contributed by atoms with E-state index in [1.54, 1.807) is 0 Å². The number of aliphatic hydroxyl groups is 1. The Labute approximate surface area is 140 Å². The van der Waals surface area contributed by atoms with E-state index in [1.807, 2.05) is 0 Å². The summed E-state index contributed by atoms with van der Waals surface area (Å²) in [7, 11) is 0. The number of rotatable bonds is 7. The SMILES string of the molecule is O=C(NCCCCN1CCCC1CO)c1cc(F)cc(Cl)c1O. The fraction of sp³-hybridized carbons (Fsp3) is 0.562. The summed E-state index contributed by atoms with van der Waals surface area (Å²) in [6.07, 6.45) is 3.81. The predicted octanol–water partition coefficient (Wildman–Crippen LogP) is 2.15. The second-order valence-electron chi connectivity index (χ2n) is 5.76. The van der Waals surface area contributed by atoms with Crippen LogP contribution in [-0.4, -0.2) is 53.3 Å². The molecular formula is C16H22ClFN2O3. The normalized spacial score (nSPS) is 18.3. The van der Waals surface area contributed by atoms with Crippen LogP contribution in [-0.2, 0) is 0 Å². The Morgan fingerprint density at radius 1 is 1.43 bits per heavy atom. The molecule has 1 fully saturated rings. The molecule has 1 aliphatic rings. The van der Waals surface area contributed by atoms with E-state index < -0.39 is 17.5 Å². The Bertz CT molecular complexity index is 556. The lowest BCUT2D eigenvalue weighted by Crippen LogP contribution is -2.33. The summed E-state index contributed by atoms with van der Waals surface area (Å²) < 4.78 is 13.3. The molecule has 0 radical (unpaired) electrons. The van der Waals surface area contributed by atoms with Gasteiger partial charge in [-0.1, -0.05) is 11.6 Å². The number of aliphatic hydroxyl groups excluding tert-OH is 1. The third-order valence-electron chi connectivity index (χ3n) is 4.14. The van der Waals surface area contributed by atoms with Crippen molar-refractivity contribution in [2.45, 2.75) is 31.7 Å². The zero-order chi connectivity index (χ0) is 16.8. The number of aromatic hydroxyl groups is 1. The second kappa shape index (κ2) is 8.47. The van der Waals surface area contributed by atoms with Crippen molar-refractivity contribution in [1.82, 2.24) is 10.2 Å². The van der Waals surface area contributed by atoms with Crippen molar-refractivity contribution in [2.75, 3.05) is 26.2 Å². The van der Waals surface area contributed by atoms with Crippen LogP contribution in [0.1, 0.15) is 36.0 Å². The van der Waals surface area contributed by atoms with Crippen LogP contribution in [0, 0.1) is 5.82 Å². The lowest BCUT2D eigenvalue weighted by molar-refractivity contribution is 0.0949. The third kappa shape index (κ3) is 4.80. The molecule has 1 aromatic rings. The van der Waals surface area contributed by atoms with E-state index >= 15 is 0 Å². The highest BCUT2D eigenvalue weighted by Crippen LogP contribution is 2.28. The summed E-state index contributed by atoms with van der Waals surface area (Å²) in [4.78, 5) is 14.2. The first-order chi connectivity index (χ1) is 11.0. The van der Waals surface area contributed by atoms with Crippen LogP contribution in [0.3, 0.4) is 0 Å². The van der Waals surface area contributed by atoms with Crippen LogP contribution in [0.2, 0.25) is 5.02 Å². The number of carbonyl (C=O) groups is 1. The van der Waals surface area contributed by atoms with E-state index in [9.17, 15) is 19.4 Å². The number of nitrogens with zero attached hydrogens (tertiary/aromatic N) is 1. The monoisotopic (exact) mass is 344 g/mol. The Balaban J connectivity index is 1.73. The van der Waals surface area contributed by atoms with Crippen molar-refractivity contribution in [3.05, 3.63) is 28.5 Å². The summed E-state index contributed by atoms with van der Waals surface area (Å²) in [5, 5.41) is 21.4. The molecule has 0 aliphatic carbocycles. The van der Waals surface area contributed by atoms with Gasteiger partial charge in [0.15, 0.2) is 0 Å². The van der Waals surface area contributed by atoms with Crippen molar-refractivity contribution < 1.29 is 19.4 Å². The van der Waals surface area contributed by atoms with Crippen LogP contribution in [0.5, 0.6) is 5.75 Å². The van der Waals surface area contributed by atoms with E-state index in [0.717, 1.165) is 50.9 Å². The number of nitrogens with one attached hydrogen (secondary N) is 1. The first kappa shape index (κ1) is 18.0. The summed E-state index contributed by atoms with van der Waals surface area (Å²) in [6, 6.07) is 2.18. The molecule has 128 valence electrons. The first-order valence-electron chi connectivity index (χ1n) is 7.84. The van der Waals surface area contributed by atoms with Gasteiger partial charge in [-0.25, -0.2) is 4.39 Å². The summed E-state index contributed by atoms with van der Waals surface area (Å²) in [5.74, 6) is -1.62. The minimum absolute atomic E-state index is 0.158. The molecule has 1 unspecified atom stereocenters. The van der Waals surface area contributed by atoms with Crippen LogP contribution < -0.4 is 5.32 Å². The highest BCUT2D eigenvalue weighted by Gasteiger charge is 2.22. The van der Waals surface area contributed by atoms with Gasteiger partial charge in [0.05, 0.1) is 17.2 Å². The Morgan fingerprint density at radius 3 is 2.96 bits per heavy atom. The van der Waals surface area contributed by atoms with Crippen molar-refractivity contribution in [2.24, 2.45) is 0 Å². The maximum absolute atomic E-state index is 13.3. The molecule has 1 heterocycles. The van der Waals surface area contributed by atoms with Gasteiger partial charge in [-0.05, 0) is 50.9 Å². The summed E-state index contributed by atoms with van der Waals surface area (Å²) in [5.41, 5.74) is -0.158. The van der Waals surface area contributed by atoms with Gasteiger partial charge in [0.25, 0.3) is 5.91 Å². The number of likely N-dealkylation sites (tertiary alicyclic amines) is 1. The van der Waals surface area contributed by atoms with Crippen molar-refractivity contribution in [3.8, 4) is 5.75 Å². The number of phenols is 1. The van der Waals surface area contributed by atoms with Crippen LogP contribution in [0.25, 0.3) is 0 Å². The lowest BCUT2D eigenvalue weighted by atomic mass is 10.1. The van der Waals surface area contributed by atoms with Crippen LogP contribution in [0.15, 0.2) is 12.1 Å². The van der Waals surface area contributed by atoms with Crippen LogP contribution in [0.4, 0.5) is 4.39 Å². The number of hydrogen-bond acceptors (Lipinski definition) is 4. The van der Waals surface area contributed by atoms with E-state index in [1.165, 1.54) is 0 Å². The zero-order valence-corrected chi connectivity index (χ0v) is 13.7. The van der Waals surface area contributed by atoms with E-state index in [4.69, 9.17) is 11.6 Å². The largest absolute Gasteiger partial charge is 0.506 e. The highest BCUT2D eigenvalue weighted by atomic mass is 35.5. The Kier molecular flexibility index (Phi) is 6.62. The number of halogens is 2. The maximum Gasteiger partial charge on any atom is 0.255 e. The summed E-state index contributed by atoms with van der Waals surface area (Å²) >= 11 is 5.65. The van der Waals surface area contributed by atoms with Gasteiger partial charge in [-0.3, -0.25) is 9.69 Å². The topological polar surface area (TPSA) is 72.8 Å². The molecule has 3 N–H and O–H groups in total. The fourth-order valence-electron chi connectivity index (χ4n) is 2.87. The molecule has 5 nitrogen and oxygen atoms in total. The van der Waals surface area contributed by atoms with Gasteiger partial charge in [-0.2, -0.15) is 0 Å². The number of carbonyl (C=O) groups excluding carboxylic acids is 1. The van der Waals surface area contributed by atoms with Crippen LogP contribution >= 0.6 is 11.6 Å². The Hall–Kier alpha value is -1.37. The number of phenolic OH excluding ortho intramolecular Hbond substituents is 1. The Morgan fingerprint density at radius 2 is 2.22 bits per heavy atom. The highest BCUT2D eigenvalue weighted by molar-refractivity contribution is 6.32. The molecule has 0 bridgehead atoms. The van der Waals surface area contributed by atoms with E-state index in [0.29, 0.717) is 6.54 Å². The van der Waals surface area contributed by atoms with Gasteiger partial charge in [-0.15, -0.1) is 0 Å². The molecule has 0 aromatic heterocycles. The molecule has 1 aliphatic heterocycles. The average Bonchev–Trinajstić information content (AvgIpc) is 2.97. The van der Waals surface area contributed by atoms with Crippen molar-refractivity contribution in [1.29, 1.82) is 0 Å². The van der Waals surface area contributed by atoms with E-state index in [-0.39, 0.29) is 23.2 Å². The molecular weight excluding hydrogens is 323 g/mol. The van der Waals surface area contributed by atoms with Gasteiger partial charge in [0, 0.05) is 12.6 Å². The fourth-order valence-corrected chi connectivity index (χ4v) is 3.08. The number of hydrogen-bond donors (Lipinski definition) is 3. The number of benzene rings is 1. The second-order valence-corrected chi connectivity index (χ2v) is 6.17. The quantitative estimate of drug-likeness (QED) is 0.663. The van der Waals surface area contributed by atoms with E-state index in [2.05, 4.69) is 10.2 Å². The molecule has 7 heteroatoms. The molecule has 1 saturated heterocycles. The first-order valence-corrected chi connectivity index (χ1v) is 8.22. The maximum atomic E-state index is 13.3. The smallest absolute Gasteiger partial charge is 0.255 e. The van der Waals surface area contributed by atoms with Crippen molar-refractivity contribution in [3.63, 3.8) is 0 Å². The molecule has 23 heavy (non-hydrogen) atoms. The molecule has 1 amide bonds. The van der Waals surface area contributed by atoms with Crippen molar-refractivity contribution >= 4 is 17.5 Å². The summed E-state index contributed by atoms with van der Waals surface area (Å²) in [6.45, 7) is 2.52. The number of unbranched alkanes of at least 4 members (excludes halogenated alkanes) is 1. The standard InChI is InChI=1S/C16H22ClFN2O3/c17-14-9-11(18)8-13(15(14)22)16(23)19-5-1-2-6-20-7-3-4-12(20)10-21/h8-9,12,21-22H,1-7,10H2,(H,19,23). The third-order valence-corrected chi connectivity index (χ3v) is 4.43. The van der Waals surface area contributed by atoms with Gasteiger partial charge in [0.1, 0.15) is 11.6 Å². The van der Waals surface area contributed by atoms with Gasteiger partial charge < -0.3 is 15.5 Å². The number of amides is 1. The molecule has 0 saturated carbocycles. The molecule has 2 rings (SSSR count). The lowest BCUT2D eigenvalue weighted by Gasteiger charge is -2.22. The molecule has 1 aromatic carbocycles. The average molecular weight is 345 g/mol. The van der Waals surface area contributed by atoms with Gasteiger partial charge >= 0.3 is 0 Å². The molecule has 0 spiro atoms.